The maximum absolute atomic E-state index is 12.4. The summed E-state index contributed by atoms with van der Waals surface area (Å²) in [4.78, 5) is 28.1. The van der Waals surface area contributed by atoms with Crippen LogP contribution in [-0.2, 0) is 9.59 Å². The Balaban J connectivity index is 1.67. The van der Waals surface area contributed by atoms with E-state index in [0.717, 1.165) is 14.6 Å². The van der Waals surface area contributed by atoms with E-state index in [4.69, 9.17) is 5.11 Å². The number of para-hydroxylation sites is 2. The van der Waals surface area contributed by atoms with Gasteiger partial charge in [-0.3, -0.25) is 9.59 Å². The summed E-state index contributed by atoms with van der Waals surface area (Å²) in [7, 11) is 0. The van der Waals surface area contributed by atoms with E-state index < -0.39 is 11.9 Å². The molecule has 7 heteroatoms. The average Bonchev–Trinajstić information content (AvgIpc) is 3.02. The number of hydrogen-bond acceptors (Lipinski definition) is 5. The summed E-state index contributed by atoms with van der Waals surface area (Å²) in [5, 5.41) is 11.9. The van der Waals surface area contributed by atoms with Crippen molar-refractivity contribution in [3.05, 3.63) is 54.6 Å². The second kappa shape index (κ2) is 8.13. The maximum atomic E-state index is 12.4. The number of hydrogen-bond donors (Lipinski definition) is 2. The number of carbonyl (C=O) groups excluding carboxylic acids is 1. The number of carboxylic acids is 1. The summed E-state index contributed by atoms with van der Waals surface area (Å²) in [6.07, 6.45) is -0.212. The molecule has 2 N–H and O–H groups in total. The van der Waals surface area contributed by atoms with Crippen molar-refractivity contribution in [1.82, 2.24) is 4.98 Å². The van der Waals surface area contributed by atoms with Crippen LogP contribution < -0.4 is 5.32 Å². The smallest absolute Gasteiger partial charge is 0.304 e. The molecule has 0 aliphatic carbocycles. The van der Waals surface area contributed by atoms with Crippen molar-refractivity contribution in [2.45, 2.75) is 10.8 Å². The first-order chi connectivity index (χ1) is 12.1. The molecular weight excluding hydrogens is 356 g/mol. The Labute approximate surface area is 153 Å². The molecule has 1 unspecified atom stereocenters. The van der Waals surface area contributed by atoms with Crippen LogP contribution in [-0.4, -0.2) is 27.7 Å². The Morgan fingerprint density at radius 2 is 1.84 bits per heavy atom. The van der Waals surface area contributed by atoms with Crippen molar-refractivity contribution in [2.24, 2.45) is 5.92 Å². The molecule has 3 rings (SSSR count). The fourth-order valence-electron chi connectivity index (χ4n) is 2.29. The number of amides is 1. The van der Waals surface area contributed by atoms with Crippen molar-refractivity contribution < 1.29 is 14.7 Å². The van der Waals surface area contributed by atoms with E-state index in [1.807, 2.05) is 42.5 Å². The first kappa shape index (κ1) is 17.4. The van der Waals surface area contributed by atoms with Gasteiger partial charge in [-0.2, -0.15) is 0 Å². The molecule has 1 amide bonds. The Morgan fingerprint density at radius 1 is 1.12 bits per heavy atom. The van der Waals surface area contributed by atoms with Crippen LogP contribution in [0.25, 0.3) is 10.2 Å². The van der Waals surface area contributed by atoms with Crippen molar-refractivity contribution in [3.8, 4) is 0 Å². The molecule has 0 saturated heterocycles. The van der Waals surface area contributed by atoms with Gasteiger partial charge in [0.1, 0.15) is 0 Å². The van der Waals surface area contributed by atoms with Gasteiger partial charge in [0.05, 0.1) is 22.6 Å². The normalized spacial score (nSPS) is 12.0. The maximum Gasteiger partial charge on any atom is 0.304 e. The summed E-state index contributed by atoms with van der Waals surface area (Å²) in [5.41, 5.74) is 1.58. The molecule has 1 atom stereocenters. The van der Waals surface area contributed by atoms with Gasteiger partial charge in [-0.15, -0.1) is 11.3 Å². The Kier molecular flexibility index (Phi) is 5.67. The fourth-order valence-corrected chi connectivity index (χ4v) is 4.47. The monoisotopic (exact) mass is 372 g/mol. The van der Waals surface area contributed by atoms with E-state index in [9.17, 15) is 9.59 Å². The average molecular weight is 372 g/mol. The van der Waals surface area contributed by atoms with Gasteiger partial charge in [0, 0.05) is 11.4 Å². The van der Waals surface area contributed by atoms with Gasteiger partial charge < -0.3 is 10.4 Å². The number of benzene rings is 2. The molecular formula is C18H16N2O3S2. The standard InChI is InChI=1S/C18H16N2O3S2/c21-16(22)10-12(17(23)19-13-6-2-1-3-7-13)11-24-18-20-14-8-4-5-9-15(14)25-18/h1-9,12H,10-11H2,(H,19,23)(H,21,22). The lowest BCUT2D eigenvalue weighted by Crippen LogP contribution is -2.27. The SMILES string of the molecule is O=C(O)CC(CSc1nc2ccccc2s1)C(=O)Nc1ccccc1. The molecule has 0 saturated carbocycles. The first-order valence-corrected chi connectivity index (χ1v) is 9.48. The highest BCUT2D eigenvalue weighted by Crippen LogP contribution is 2.31. The predicted molar refractivity (Wildman–Crippen MR) is 101 cm³/mol. The number of aliphatic carboxylic acids is 1. The van der Waals surface area contributed by atoms with E-state index >= 15 is 0 Å². The van der Waals surface area contributed by atoms with Crippen molar-refractivity contribution >= 4 is 50.9 Å². The van der Waals surface area contributed by atoms with Gasteiger partial charge in [0.25, 0.3) is 0 Å². The largest absolute Gasteiger partial charge is 0.481 e. The van der Waals surface area contributed by atoms with Crippen molar-refractivity contribution in [1.29, 1.82) is 0 Å². The number of carboxylic acid groups (broad SMARTS) is 1. The Bertz CT molecular complexity index is 847. The number of carbonyl (C=O) groups is 2. The van der Waals surface area contributed by atoms with E-state index in [0.29, 0.717) is 11.4 Å². The number of thiazole rings is 1. The summed E-state index contributed by atoms with van der Waals surface area (Å²) < 4.78 is 1.91. The molecule has 3 aromatic rings. The lowest BCUT2D eigenvalue weighted by atomic mass is 10.1. The lowest BCUT2D eigenvalue weighted by Gasteiger charge is -2.14. The number of aromatic nitrogens is 1. The Morgan fingerprint density at radius 3 is 2.56 bits per heavy atom. The molecule has 0 radical (unpaired) electrons. The van der Waals surface area contributed by atoms with E-state index in [-0.39, 0.29) is 12.3 Å². The molecule has 25 heavy (non-hydrogen) atoms. The zero-order valence-electron chi connectivity index (χ0n) is 13.2. The highest BCUT2D eigenvalue weighted by molar-refractivity contribution is 8.01. The van der Waals surface area contributed by atoms with Gasteiger partial charge in [-0.25, -0.2) is 4.98 Å². The fraction of sp³-hybridized carbons (Fsp3) is 0.167. The van der Waals surface area contributed by atoms with Crippen LogP contribution in [0, 0.1) is 5.92 Å². The quantitative estimate of drug-likeness (QED) is 0.610. The third kappa shape index (κ3) is 4.80. The molecule has 2 aromatic carbocycles. The zero-order valence-corrected chi connectivity index (χ0v) is 14.8. The topological polar surface area (TPSA) is 79.3 Å². The summed E-state index contributed by atoms with van der Waals surface area (Å²) >= 11 is 2.96. The summed E-state index contributed by atoms with van der Waals surface area (Å²) in [6, 6.07) is 16.8. The third-order valence-corrected chi connectivity index (χ3v) is 5.86. The predicted octanol–water partition coefficient (Wildman–Crippen LogP) is 4.12. The third-order valence-electron chi connectivity index (χ3n) is 3.52. The molecule has 5 nitrogen and oxygen atoms in total. The zero-order chi connectivity index (χ0) is 17.6. The highest BCUT2D eigenvalue weighted by Gasteiger charge is 2.23. The minimum Gasteiger partial charge on any atom is -0.481 e. The van der Waals surface area contributed by atoms with Crippen molar-refractivity contribution in [3.63, 3.8) is 0 Å². The molecule has 0 fully saturated rings. The van der Waals surface area contributed by atoms with Gasteiger partial charge in [-0.05, 0) is 24.3 Å². The molecule has 0 aliphatic heterocycles. The molecule has 128 valence electrons. The highest BCUT2D eigenvalue weighted by atomic mass is 32.2. The van der Waals surface area contributed by atoms with Crippen LogP contribution in [0.1, 0.15) is 6.42 Å². The van der Waals surface area contributed by atoms with Crippen LogP contribution >= 0.6 is 23.1 Å². The van der Waals surface area contributed by atoms with Crippen LogP contribution in [0.5, 0.6) is 0 Å². The summed E-state index contributed by atoms with van der Waals surface area (Å²) in [6.45, 7) is 0. The van der Waals surface area contributed by atoms with Crippen LogP contribution in [0.4, 0.5) is 5.69 Å². The number of rotatable bonds is 7. The number of anilines is 1. The Hall–Kier alpha value is -2.38. The van der Waals surface area contributed by atoms with Crippen LogP contribution in [0.2, 0.25) is 0 Å². The second-order valence-corrected chi connectivity index (χ2v) is 7.71. The minimum atomic E-state index is -0.988. The lowest BCUT2D eigenvalue weighted by molar-refractivity contribution is -0.139. The summed E-state index contributed by atoms with van der Waals surface area (Å²) in [5.74, 6) is -1.54. The number of nitrogens with zero attached hydrogens (tertiary/aromatic N) is 1. The van der Waals surface area contributed by atoms with Crippen molar-refractivity contribution in [2.75, 3.05) is 11.1 Å². The molecule has 1 heterocycles. The van der Waals surface area contributed by atoms with E-state index in [1.54, 1.807) is 23.5 Å². The first-order valence-electron chi connectivity index (χ1n) is 7.68. The minimum absolute atomic E-state index is 0.212. The molecule has 0 bridgehead atoms. The van der Waals surface area contributed by atoms with Crippen LogP contribution in [0.15, 0.2) is 58.9 Å². The number of thioether (sulfide) groups is 1. The van der Waals surface area contributed by atoms with Gasteiger partial charge in [0.2, 0.25) is 5.91 Å². The van der Waals surface area contributed by atoms with Gasteiger partial charge in [0.15, 0.2) is 4.34 Å². The number of fused-ring (bicyclic) bond motifs is 1. The molecule has 1 aromatic heterocycles. The van der Waals surface area contributed by atoms with E-state index in [2.05, 4.69) is 10.3 Å². The van der Waals surface area contributed by atoms with Gasteiger partial charge >= 0.3 is 5.97 Å². The van der Waals surface area contributed by atoms with E-state index in [1.165, 1.54) is 11.8 Å². The van der Waals surface area contributed by atoms with Gasteiger partial charge in [-0.1, -0.05) is 42.1 Å². The van der Waals surface area contributed by atoms with Crippen LogP contribution in [0.3, 0.4) is 0 Å². The second-order valence-electron chi connectivity index (χ2n) is 5.41. The molecule has 0 spiro atoms. The molecule has 0 aliphatic rings. The number of nitrogens with one attached hydrogen (secondary N) is 1.